The summed E-state index contributed by atoms with van der Waals surface area (Å²) in [6, 6.07) is 10.1. The summed E-state index contributed by atoms with van der Waals surface area (Å²) in [7, 11) is 0. The molecule has 0 atom stereocenters. The zero-order valence-corrected chi connectivity index (χ0v) is 13.0. The van der Waals surface area contributed by atoms with Crippen molar-refractivity contribution in [3.05, 3.63) is 58.7 Å². The molecule has 1 aliphatic carbocycles. The van der Waals surface area contributed by atoms with E-state index in [1.807, 2.05) is 0 Å². The van der Waals surface area contributed by atoms with Gasteiger partial charge >= 0.3 is 0 Å². The summed E-state index contributed by atoms with van der Waals surface area (Å²) >= 11 is 0. The number of carbonyl (C=O) groups is 2. The van der Waals surface area contributed by atoms with Crippen LogP contribution in [0.5, 0.6) is 0 Å². The number of rotatable bonds is 6. The van der Waals surface area contributed by atoms with Crippen LogP contribution in [0.2, 0.25) is 0 Å². The average Bonchev–Trinajstić information content (AvgIpc) is 2.62. The number of aliphatic hydroxyl groups excluding tert-OH is 2. The van der Waals surface area contributed by atoms with Gasteiger partial charge in [0.1, 0.15) is 0 Å². The molecule has 0 bridgehead atoms. The van der Waals surface area contributed by atoms with Crippen molar-refractivity contribution in [3.8, 4) is 0 Å². The molecule has 0 saturated heterocycles. The van der Waals surface area contributed by atoms with E-state index in [1.54, 1.807) is 36.4 Å². The first-order valence-corrected chi connectivity index (χ1v) is 7.73. The predicted molar refractivity (Wildman–Crippen MR) is 90.9 cm³/mol. The van der Waals surface area contributed by atoms with Gasteiger partial charge in [0.05, 0.1) is 18.8 Å². The van der Waals surface area contributed by atoms with Crippen LogP contribution >= 0.6 is 0 Å². The molecule has 124 valence electrons. The third-order valence-corrected chi connectivity index (χ3v) is 3.91. The van der Waals surface area contributed by atoms with Gasteiger partial charge < -0.3 is 20.8 Å². The van der Waals surface area contributed by atoms with Crippen LogP contribution in [0.3, 0.4) is 0 Å². The third-order valence-electron chi connectivity index (χ3n) is 3.91. The largest absolute Gasteiger partial charge is 0.395 e. The lowest BCUT2D eigenvalue weighted by molar-refractivity contribution is 0.0979. The zero-order valence-electron chi connectivity index (χ0n) is 13.0. The SMILES string of the molecule is O=C1c2cc(NCCO)ccc2C(=O)c2c(NCCO)cccc21. The summed E-state index contributed by atoms with van der Waals surface area (Å²) in [6.07, 6.45) is 0. The van der Waals surface area contributed by atoms with Crippen molar-refractivity contribution in [2.45, 2.75) is 0 Å². The van der Waals surface area contributed by atoms with Gasteiger partial charge in [0.2, 0.25) is 0 Å². The van der Waals surface area contributed by atoms with Crippen molar-refractivity contribution in [1.82, 2.24) is 0 Å². The first-order valence-electron chi connectivity index (χ1n) is 7.73. The summed E-state index contributed by atoms with van der Waals surface area (Å²) in [5, 5.41) is 23.8. The molecule has 0 radical (unpaired) electrons. The molecule has 6 heteroatoms. The smallest absolute Gasteiger partial charge is 0.196 e. The van der Waals surface area contributed by atoms with Crippen LogP contribution in [0.25, 0.3) is 0 Å². The number of ketones is 2. The molecule has 2 aromatic carbocycles. The summed E-state index contributed by atoms with van der Waals surface area (Å²) in [5.74, 6) is -0.422. The van der Waals surface area contributed by atoms with Crippen LogP contribution in [-0.4, -0.2) is 48.1 Å². The molecule has 0 aliphatic heterocycles. The predicted octanol–water partition coefficient (Wildman–Crippen LogP) is 1.27. The lowest BCUT2D eigenvalue weighted by Crippen LogP contribution is -2.23. The number of hydrogen-bond donors (Lipinski definition) is 4. The highest BCUT2D eigenvalue weighted by molar-refractivity contribution is 6.30. The highest BCUT2D eigenvalue weighted by Crippen LogP contribution is 2.33. The van der Waals surface area contributed by atoms with Gasteiger partial charge in [0.25, 0.3) is 0 Å². The first-order chi connectivity index (χ1) is 11.7. The Hall–Kier alpha value is -2.70. The van der Waals surface area contributed by atoms with Crippen LogP contribution in [-0.2, 0) is 0 Å². The molecule has 6 nitrogen and oxygen atoms in total. The molecule has 4 N–H and O–H groups in total. The maximum absolute atomic E-state index is 12.8. The van der Waals surface area contributed by atoms with Crippen LogP contribution in [0.1, 0.15) is 31.8 Å². The van der Waals surface area contributed by atoms with E-state index in [1.165, 1.54) is 0 Å². The van der Waals surface area contributed by atoms with Crippen molar-refractivity contribution in [1.29, 1.82) is 0 Å². The van der Waals surface area contributed by atoms with Crippen LogP contribution < -0.4 is 10.6 Å². The third kappa shape index (κ3) is 2.77. The number of aliphatic hydroxyl groups is 2. The van der Waals surface area contributed by atoms with Crippen molar-refractivity contribution >= 4 is 22.9 Å². The van der Waals surface area contributed by atoms with Gasteiger partial charge in [-0.15, -0.1) is 0 Å². The van der Waals surface area contributed by atoms with Crippen LogP contribution in [0.4, 0.5) is 11.4 Å². The number of hydrogen-bond acceptors (Lipinski definition) is 6. The van der Waals surface area contributed by atoms with E-state index in [4.69, 9.17) is 10.2 Å². The van der Waals surface area contributed by atoms with E-state index in [9.17, 15) is 9.59 Å². The maximum atomic E-state index is 12.8. The van der Waals surface area contributed by atoms with Gasteiger partial charge in [-0.25, -0.2) is 0 Å². The summed E-state index contributed by atoms with van der Waals surface area (Å²) < 4.78 is 0. The molecular formula is C18H18N2O4. The Morgan fingerprint density at radius 2 is 1.54 bits per heavy atom. The Labute approximate surface area is 139 Å². The van der Waals surface area contributed by atoms with Gasteiger partial charge in [-0.3, -0.25) is 9.59 Å². The van der Waals surface area contributed by atoms with E-state index in [-0.39, 0.29) is 24.8 Å². The summed E-state index contributed by atoms with van der Waals surface area (Å²) in [6.45, 7) is 0.580. The molecule has 1 aliphatic rings. The lowest BCUT2D eigenvalue weighted by Gasteiger charge is -2.21. The highest BCUT2D eigenvalue weighted by Gasteiger charge is 2.31. The lowest BCUT2D eigenvalue weighted by atomic mass is 9.83. The second-order valence-electron chi connectivity index (χ2n) is 5.45. The van der Waals surface area contributed by atoms with Crippen molar-refractivity contribution < 1.29 is 19.8 Å². The fourth-order valence-electron chi connectivity index (χ4n) is 2.84. The molecular weight excluding hydrogens is 308 g/mol. The maximum Gasteiger partial charge on any atom is 0.196 e. The van der Waals surface area contributed by atoms with E-state index in [2.05, 4.69) is 10.6 Å². The molecule has 0 saturated carbocycles. The van der Waals surface area contributed by atoms with E-state index < -0.39 is 0 Å². The molecule has 24 heavy (non-hydrogen) atoms. The Morgan fingerprint density at radius 1 is 0.792 bits per heavy atom. The highest BCUT2D eigenvalue weighted by atomic mass is 16.3. The Bertz CT molecular complexity index is 798. The Balaban J connectivity index is 2.04. The molecule has 3 rings (SSSR count). The second-order valence-corrected chi connectivity index (χ2v) is 5.45. The summed E-state index contributed by atoms with van der Waals surface area (Å²) in [5.41, 5.74) is 2.65. The minimum atomic E-state index is -0.214. The van der Waals surface area contributed by atoms with E-state index in [0.717, 1.165) is 0 Å². The van der Waals surface area contributed by atoms with Crippen LogP contribution in [0, 0.1) is 0 Å². The molecule has 2 aromatic rings. The fraction of sp³-hybridized carbons (Fsp3) is 0.222. The Morgan fingerprint density at radius 3 is 2.29 bits per heavy atom. The summed E-state index contributed by atoms with van der Waals surface area (Å²) in [4.78, 5) is 25.6. The monoisotopic (exact) mass is 326 g/mol. The van der Waals surface area contributed by atoms with Gasteiger partial charge in [-0.1, -0.05) is 12.1 Å². The number of fused-ring (bicyclic) bond motifs is 2. The standard InChI is InChI=1S/C18H18N2O4/c21-8-6-19-11-4-5-12-14(10-11)17(23)13-2-1-3-15(20-7-9-22)16(13)18(12)24/h1-5,10,19-22H,6-9H2. The van der Waals surface area contributed by atoms with E-state index >= 15 is 0 Å². The first kappa shape index (κ1) is 16.2. The number of anilines is 2. The quantitative estimate of drug-likeness (QED) is 0.544. The minimum Gasteiger partial charge on any atom is -0.395 e. The molecule has 0 unspecified atom stereocenters. The number of nitrogens with one attached hydrogen (secondary N) is 2. The van der Waals surface area contributed by atoms with Crippen LogP contribution in [0.15, 0.2) is 36.4 Å². The van der Waals surface area contributed by atoms with Gasteiger partial charge in [0, 0.05) is 41.2 Å². The number of benzene rings is 2. The topological polar surface area (TPSA) is 98.7 Å². The fourth-order valence-corrected chi connectivity index (χ4v) is 2.84. The molecule has 0 aromatic heterocycles. The zero-order chi connectivity index (χ0) is 17.1. The van der Waals surface area contributed by atoms with Crippen molar-refractivity contribution in [2.24, 2.45) is 0 Å². The van der Waals surface area contributed by atoms with Gasteiger partial charge in [-0.2, -0.15) is 0 Å². The molecule has 0 spiro atoms. The molecule has 0 amide bonds. The molecule has 0 fully saturated rings. The second kappa shape index (κ2) is 6.82. The molecule has 0 heterocycles. The van der Waals surface area contributed by atoms with Gasteiger partial charge in [-0.05, 0) is 24.3 Å². The number of carbonyl (C=O) groups excluding carboxylic acids is 2. The van der Waals surface area contributed by atoms with Gasteiger partial charge in [0.15, 0.2) is 11.6 Å². The normalized spacial score (nSPS) is 12.6. The van der Waals surface area contributed by atoms with Crippen molar-refractivity contribution in [2.75, 3.05) is 36.9 Å². The average molecular weight is 326 g/mol. The van der Waals surface area contributed by atoms with Crippen molar-refractivity contribution in [3.63, 3.8) is 0 Å². The minimum absolute atomic E-state index is 0.0211. The van der Waals surface area contributed by atoms with E-state index in [0.29, 0.717) is 46.7 Å². The Kier molecular flexibility index (Phi) is 4.59.